The van der Waals surface area contributed by atoms with Crippen LogP contribution < -0.4 is 29.9 Å². The summed E-state index contributed by atoms with van der Waals surface area (Å²) in [6.07, 6.45) is 0. The molecular formula is C39H45F2N11O6S2. The number of benzene rings is 4. The van der Waals surface area contributed by atoms with Gasteiger partial charge in [0.05, 0.1) is 55.0 Å². The number of hydrogen-bond donors (Lipinski definition) is 4. The minimum Gasteiger partial charge on any atom is -0.494 e. The highest BCUT2D eigenvalue weighted by Crippen LogP contribution is 2.42. The molecule has 318 valence electrons. The maximum Gasteiger partial charge on any atom is 0.297 e. The zero-order valence-corrected chi connectivity index (χ0v) is 35.4. The average molecular weight is 866 g/mol. The van der Waals surface area contributed by atoms with Gasteiger partial charge in [0.15, 0.2) is 5.16 Å². The van der Waals surface area contributed by atoms with E-state index in [1.165, 1.54) is 49.2 Å². The van der Waals surface area contributed by atoms with Crippen LogP contribution in [0.15, 0.2) is 97.2 Å². The highest BCUT2D eigenvalue weighted by atomic mass is 32.2. The fraction of sp³-hybridized carbons (Fsp3) is 0.308. The van der Waals surface area contributed by atoms with Crippen LogP contribution in [-0.2, 0) is 10.1 Å². The molecule has 60 heavy (non-hydrogen) atoms. The number of nitrogens with one attached hydrogen (secondary N) is 2. The number of hydrogen-bond acceptors (Lipinski definition) is 17. The predicted molar refractivity (Wildman–Crippen MR) is 228 cm³/mol. The molecule has 0 aliphatic carbocycles. The Balaban J connectivity index is 1.64. The molecule has 0 radical (unpaired) electrons. The van der Waals surface area contributed by atoms with E-state index in [0.717, 1.165) is 17.8 Å². The first kappa shape index (κ1) is 45.1. The van der Waals surface area contributed by atoms with Crippen LogP contribution in [0, 0.1) is 11.6 Å². The smallest absolute Gasteiger partial charge is 0.297 e. The van der Waals surface area contributed by atoms with E-state index in [0.29, 0.717) is 66.1 Å². The molecule has 0 saturated carbocycles. The van der Waals surface area contributed by atoms with Gasteiger partial charge in [0, 0.05) is 44.1 Å². The number of aliphatic hydroxyl groups is 1. The maximum absolute atomic E-state index is 14.3. The summed E-state index contributed by atoms with van der Waals surface area (Å²) in [6, 6.07) is 15.4. The number of ether oxygens (including phenoxy) is 2. The van der Waals surface area contributed by atoms with E-state index in [-0.39, 0.29) is 40.8 Å². The second-order valence-corrected chi connectivity index (χ2v) is 14.9. The number of methoxy groups -OCH3 is 2. The lowest BCUT2D eigenvalue weighted by Gasteiger charge is -2.25. The third-order valence-corrected chi connectivity index (χ3v) is 10.5. The highest BCUT2D eigenvalue weighted by molar-refractivity contribution is 7.99. The van der Waals surface area contributed by atoms with Crippen molar-refractivity contribution in [1.82, 2.24) is 15.0 Å². The van der Waals surface area contributed by atoms with Crippen LogP contribution in [0.5, 0.6) is 11.5 Å². The van der Waals surface area contributed by atoms with Crippen molar-refractivity contribution in [3.05, 3.63) is 78.4 Å². The first-order valence-corrected chi connectivity index (χ1v) is 21.1. The molecule has 4 aromatic carbocycles. The van der Waals surface area contributed by atoms with Crippen LogP contribution in [0.1, 0.15) is 27.7 Å². The van der Waals surface area contributed by atoms with E-state index in [2.05, 4.69) is 46.0 Å². The Morgan fingerprint density at radius 3 is 1.63 bits per heavy atom. The van der Waals surface area contributed by atoms with Gasteiger partial charge >= 0.3 is 0 Å². The number of aliphatic hydroxyl groups excluding tert-OH is 1. The summed E-state index contributed by atoms with van der Waals surface area (Å²) < 4.78 is 72.5. The van der Waals surface area contributed by atoms with Crippen molar-refractivity contribution in [2.75, 3.05) is 73.2 Å². The molecule has 5 rings (SSSR count). The predicted octanol–water partition coefficient (Wildman–Crippen LogP) is 9.51. The van der Waals surface area contributed by atoms with Gasteiger partial charge in [-0.1, -0.05) is 11.8 Å². The standard InChI is InChI=1S/C39H45F2N11O6S2/c1-7-51(8-2)32-20-28(30(22-34(32)57-5)49-47-25-13-11-24(40)12-14-25)42-37-44-38(46-39(45-37)59-18-17-53)43-29-21-33(52(9-3)10-4)35(58-6)23-31(29)50-48-26-15-16-27(41)36(19-26)60(54,55)56/h11-16,19-23,53H,7-10,17-18H2,1-6H3,(H,54,55,56)(H2,42,43,44,45,46). The van der Waals surface area contributed by atoms with Gasteiger partial charge in [-0.3, -0.25) is 4.55 Å². The third kappa shape index (κ3) is 11.4. The van der Waals surface area contributed by atoms with E-state index in [9.17, 15) is 26.9 Å². The summed E-state index contributed by atoms with van der Waals surface area (Å²) >= 11 is 1.18. The summed E-state index contributed by atoms with van der Waals surface area (Å²) in [4.78, 5) is 17.1. The van der Waals surface area contributed by atoms with Gasteiger partial charge in [-0.15, -0.1) is 10.2 Å². The maximum atomic E-state index is 14.3. The fourth-order valence-corrected chi connectivity index (χ4v) is 6.98. The summed E-state index contributed by atoms with van der Waals surface area (Å²) in [7, 11) is -1.83. The topological polar surface area (TPSA) is 212 Å². The Labute approximate surface area is 350 Å². The number of azo groups is 2. The minimum absolute atomic E-state index is 0.0578. The Morgan fingerprint density at radius 1 is 0.700 bits per heavy atom. The van der Waals surface area contributed by atoms with Crippen molar-refractivity contribution in [3.8, 4) is 11.5 Å². The number of anilines is 6. The second kappa shape index (κ2) is 20.8. The van der Waals surface area contributed by atoms with Gasteiger partial charge in [-0.2, -0.15) is 33.6 Å². The van der Waals surface area contributed by atoms with Crippen LogP contribution in [0.3, 0.4) is 0 Å². The van der Waals surface area contributed by atoms with Crippen LogP contribution in [0.4, 0.5) is 66.2 Å². The van der Waals surface area contributed by atoms with Crippen molar-refractivity contribution < 1.29 is 36.3 Å². The SMILES string of the molecule is CCN(CC)c1cc(Nc2nc(Nc3cc(N(CC)CC)c(OC)cc3N=Nc3ccc(F)c(S(=O)(=O)O)c3)nc(SCCO)n2)c(N=Nc2ccc(F)cc2)cc1OC. The lowest BCUT2D eigenvalue weighted by Crippen LogP contribution is -2.22. The lowest BCUT2D eigenvalue weighted by molar-refractivity contribution is 0.322. The minimum atomic E-state index is -4.88. The van der Waals surface area contributed by atoms with Gasteiger partial charge < -0.3 is 35.0 Å². The van der Waals surface area contributed by atoms with Crippen LogP contribution in [0.2, 0.25) is 0 Å². The summed E-state index contributed by atoms with van der Waals surface area (Å²) in [5, 5.41) is 33.7. The normalized spacial score (nSPS) is 11.6. The van der Waals surface area contributed by atoms with E-state index in [4.69, 9.17) is 14.5 Å². The average Bonchev–Trinajstić information content (AvgIpc) is 3.23. The molecule has 0 saturated heterocycles. The number of aromatic nitrogens is 3. The fourth-order valence-electron chi connectivity index (χ4n) is 5.82. The molecule has 0 spiro atoms. The van der Waals surface area contributed by atoms with Crippen molar-refractivity contribution >= 4 is 79.3 Å². The molecule has 17 nitrogen and oxygen atoms in total. The number of nitrogens with zero attached hydrogens (tertiary/aromatic N) is 9. The third-order valence-electron chi connectivity index (χ3n) is 8.80. The van der Waals surface area contributed by atoms with Crippen molar-refractivity contribution in [1.29, 1.82) is 0 Å². The summed E-state index contributed by atoms with van der Waals surface area (Å²) in [5.41, 5.74) is 3.15. The first-order valence-electron chi connectivity index (χ1n) is 18.7. The molecular weight excluding hydrogens is 821 g/mol. The van der Waals surface area contributed by atoms with Gasteiger partial charge in [0.1, 0.15) is 39.4 Å². The molecule has 4 N–H and O–H groups in total. The molecule has 0 aliphatic rings. The Morgan fingerprint density at radius 2 is 1.18 bits per heavy atom. The quantitative estimate of drug-likeness (QED) is 0.0326. The van der Waals surface area contributed by atoms with Crippen molar-refractivity contribution in [3.63, 3.8) is 0 Å². The van der Waals surface area contributed by atoms with Crippen molar-refractivity contribution in [2.24, 2.45) is 20.5 Å². The molecule has 0 amide bonds. The molecule has 5 aromatic rings. The van der Waals surface area contributed by atoms with E-state index in [1.807, 2.05) is 38.7 Å². The molecule has 0 aliphatic heterocycles. The molecule has 1 heterocycles. The van der Waals surface area contributed by atoms with Crippen molar-refractivity contribution in [2.45, 2.75) is 37.7 Å². The first-order chi connectivity index (χ1) is 28.8. The van der Waals surface area contributed by atoms with Gasteiger partial charge in [0.25, 0.3) is 10.1 Å². The summed E-state index contributed by atoms with van der Waals surface area (Å²) in [5.74, 6) is -0.166. The number of halogens is 2. The molecule has 21 heteroatoms. The van der Waals surface area contributed by atoms with E-state index in [1.54, 1.807) is 25.3 Å². The molecule has 1 aromatic heterocycles. The molecule has 0 unspecified atom stereocenters. The van der Waals surface area contributed by atoms with Crippen LogP contribution >= 0.6 is 11.8 Å². The number of rotatable bonds is 20. The Bertz CT molecular complexity index is 2440. The highest BCUT2D eigenvalue weighted by Gasteiger charge is 2.20. The molecule has 0 bridgehead atoms. The van der Waals surface area contributed by atoms with Crippen LogP contribution in [0.25, 0.3) is 0 Å². The molecule has 0 atom stereocenters. The monoisotopic (exact) mass is 865 g/mol. The number of thioether (sulfide) groups is 1. The van der Waals surface area contributed by atoms with E-state index < -0.39 is 26.6 Å². The Kier molecular flexibility index (Phi) is 15.6. The zero-order valence-electron chi connectivity index (χ0n) is 33.7. The van der Waals surface area contributed by atoms with Gasteiger partial charge in [-0.05, 0) is 82.3 Å². The second-order valence-electron chi connectivity index (χ2n) is 12.5. The molecule has 0 fully saturated rings. The van der Waals surface area contributed by atoms with Gasteiger partial charge in [0.2, 0.25) is 11.9 Å². The summed E-state index contributed by atoms with van der Waals surface area (Å²) in [6.45, 7) is 10.4. The van der Waals surface area contributed by atoms with Crippen LogP contribution in [-0.4, -0.2) is 85.8 Å². The lowest BCUT2D eigenvalue weighted by atomic mass is 10.2. The zero-order chi connectivity index (χ0) is 43.4. The van der Waals surface area contributed by atoms with Gasteiger partial charge in [-0.25, -0.2) is 8.78 Å². The largest absolute Gasteiger partial charge is 0.494 e. The Hall–Kier alpha value is -6.03. The van der Waals surface area contributed by atoms with E-state index >= 15 is 0 Å².